The van der Waals surface area contributed by atoms with Crippen molar-refractivity contribution in [1.29, 1.82) is 0 Å². The summed E-state index contributed by atoms with van der Waals surface area (Å²) >= 11 is 0. The lowest BCUT2D eigenvalue weighted by atomic mass is 9.84. The van der Waals surface area contributed by atoms with Gasteiger partial charge in [0.15, 0.2) is 0 Å². The Morgan fingerprint density at radius 3 is 2.81 bits per heavy atom. The zero-order chi connectivity index (χ0) is 14.8. The lowest BCUT2D eigenvalue weighted by Gasteiger charge is -2.28. The Hall–Kier alpha value is -1.84. The molecule has 2 amide bonds. The Balaban J connectivity index is 1.65. The van der Waals surface area contributed by atoms with E-state index < -0.39 is 0 Å². The Kier molecular flexibility index (Phi) is 3.95. The highest BCUT2D eigenvalue weighted by Gasteiger charge is 2.23. The highest BCUT2D eigenvalue weighted by molar-refractivity contribution is 6.02. The van der Waals surface area contributed by atoms with E-state index in [9.17, 15) is 9.59 Å². The molecule has 0 radical (unpaired) electrons. The summed E-state index contributed by atoms with van der Waals surface area (Å²) < 4.78 is 0. The van der Waals surface area contributed by atoms with E-state index in [4.69, 9.17) is 0 Å². The molecular weight excluding hydrogens is 264 g/mol. The number of rotatable bonds is 3. The lowest BCUT2D eigenvalue weighted by molar-refractivity contribution is -0.115. The SMILES string of the molecule is CC(NC(=O)c1ccc2c(c1)NC(=O)C2)C1CCCCC1. The summed E-state index contributed by atoms with van der Waals surface area (Å²) in [6.45, 7) is 2.10. The monoisotopic (exact) mass is 286 g/mol. The number of carbonyl (C=O) groups is 2. The standard InChI is InChI=1S/C17H22N2O2/c1-11(12-5-3-2-4-6-12)18-17(21)14-8-7-13-10-16(20)19-15(13)9-14/h7-9,11-12H,2-6,10H2,1H3,(H,18,21)(H,19,20). The van der Waals surface area contributed by atoms with Gasteiger partial charge in [-0.05, 0) is 43.4 Å². The molecule has 1 aromatic carbocycles. The van der Waals surface area contributed by atoms with Gasteiger partial charge >= 0.3 is 0 Å². The minimum absolute atomic E-state index is 0.00173. The van der Waals surface area contributed by atoms with E-state index in [1.165, 1.54) is 32.1 Å². The maximum atomic E-state index is 12.4. The van der Waals surface area contributed by atoms with Crippen LogP contribution >= 0.6 is 0 Å². The second-order valence-corrected chi connectivity index (χ2v) is 6.26. The van der Waals surface area contributed by atoms with Crippen molar-refractivity contribution in [3.8, 4) is 0 Å². The summed E-state index contributed by atoms with van der Waals surface area (Å²) in [4.78, 5) is 23.7. The van der Waals surface area contributed by atoms with Crippen LogP contribution in [0, 0.1) is 5.92 Å². The third-order valence-electron chi connectivity index (χ3n) is 4.71. The lowest BCUT2D eigenvalue weighted by Crippen LogP contribution is -2.38. The van der Waals surface area contributed by atoms with Crippen molar-refractivity contribution in [2.75, 3.05) is 5.32 Å². The topological polar surface area (TPSA) is 58.2 Å². The summed E-state index contributed by atoms with van der Waals surface area (Å²) in [6.07, 6.45) is 6.70. The van der Waals surface area contributed by atoms with Crippen molar-refractivity contribution in [1.82, 2.24) is 5.32 Å². The number of carbonyl (C=O) groups excluding carboxylic acids is 2. The molecule has 2 N–H and O–H groups in total. The third-order valence-corrected chi connectivity index (χ3v) is 4.71. The number of anilines is 1. The maximum Gasteiger partial charge on any atom is 0.251 e. The maximum absolute atomic E-state index is 12.4. The molecule has 3 rings (SSSR count). The minimum Gasteiger partial charge on any atom is -0.349 e. The zero-order valence-corrected chi connectivity index (χ0v) is 12.4. The summed E-state index contributed by atoms with van der Waals surface area (Å²) in [5, 5.41) is 5.91. The van der Waals surface area contributed by atoms with Gasteiger partial charge in [-0.3, -0.25) is 9.59 Å². The van der Waals surface area contributed by atoms with Crippen LogP contribution in [0.4, 0.5) is 5.69 Å². The summed E-state index contributed by atoms with van der Waals surface area (Å²) in [7, 11) is 0. The largest absolute Gasteiger partial charge is 0.349 e. The molecular formula is C17H22N2O2. The van der Waals surface area contributed by atoms with Gasteiger partial charge in [0.1, 0.15) is 0 Å². The normalized spacial score (nSPS) is 19.8. The van der Waals surface area contributed by atoms with E-state index in [2.05, 4.69) is 17.6 Å². The Labute approximate surface area is 125 Å². The average molecular weight is 286 g/mol. The fraction of sp³-hybridized carbons (Fsp3) is 0.529. The van der Waals surface area contributed by atoms with E-state index in [0.29, 0.717) is 17.9 Å². The van der Waals surface area contributed by atoms with Crippen LogP contribution < -0.4 is 10.6 Å². The van der Waals surface area contributed by atoms with Crippen molar-refractivity contribution in [2.45, 2.75) is 51.5 Å². The Morgan fingerprint density at radius 2 is 2.05 bits per heavy atom. The van der Waals surface area contributed by atoms with Crippen molar-refractivity contribution in [3.05, 3.63) is 29.3 Å². The molecule has 2 aliphatic rings. The molecule has 1 unspecified atom stereocenters. The molecule has 0 aromatic heterocycles. The number of fused-ring (bicyclic) bond motifs is 1. The molecule has 1 aliphatic carbocycles. The summed E-state index contributed by atoms with van der Waals surface area (Å²) in [6, 6.07) is 5.67. The molecule has 1 aliphatic heterocycles. The number of benzene rings is 1. The van der Waals surface area contributed by atoms with Crippen LogP contribution in [-0.4, -0.2) is 17.9 Å². The van der Waals surface area contributed by atoms with Gasteiger partial charge in [-0.25, -0.2) is 0 Å². The van der Waals surface area contributed by atoms with Gasteiger partial charge in [0.2, 0.25) is 5.91 Å². The Morgan fingerprint density at radius 1 is 1.29 bits per heavy atom. The predicted octanol–water partition coefficient (Wildman–Crippen LogP) is 2.88. The van der Waals surface area contributed by atoms with Gasteiger partial charge in [0, 0.05) is 17.3 Å². The summed E-state index contributed by atoms with van der Waals surface area (Å²) in [5.41, 5.74) is 2.37. The molecule has 21 heavy (non-hydrogen) atoms. The van der Waals surface area contributed by atoms with Gasteiger partial charge in [0.25, 0.3) is 5.91 Å². The highest BCUT2D eigenvalue weighted by Crippen LogP contribution is 2.27. The van der Waals surface area contributed by atoms with Gasteiger partial charge in [0.05, 0.1) is 6.42 Å². The highest BCUT2D eigenvalue weighted by atomic mass is 16.2. The fourth-order valence-electron chi connectivity index (χ4n) is 3.40. The zero-order valence-electron chi connectivity index (χ0n) is 12.4. The molecule has 4 heteroatoms. The average Bonchev–Trinajstić information content (AvgIpc) is 2.87. The van der Waals surface area contributed by atoms with E-state index in [1.54, 1.807) is 6.07 Å². The van der Waals surface area contributed by atoms with E-state index in [-0.39, 0.29) is 17.9 Å². The molecule has 1 heterocycles. The number of hydrogen-bond acceptors (Lipinski definition) is 2. The smallest absolute Gasteiger partial charge is 0.251 e. The molecule has 4 nitrogen and oxygen atoms in total. The van der Waals surface area contributed by atoms with Gasteiger partial charge in [-0.15, -0.1) is 0 Å². The van der Waals surface area contributed by atoms with E-state index in [0.717, 1.165) is 11.3 Å². The first kappa shape index (κ1) is 14.1. The molecule has 1 fully saturated rings. The van der Waals surface area contributed by atoms with Crippen LogP contribution in [-0.2, 0) is 11.2 Å². The van der Waals surface area contributed by atoms with Crippen LogP contribution in [0.2, 0.25) is 0 Å². The molecule has 0 spiro atoms. The van der Waals surface area contributed by atoms with Crippen LogP contribution in [0.25, 0.3) is 0 Å². The molecule has 112 valence electrons. The summed E-state index contributed by atoms with van der Waals surface area (Å²) in [5.74, 6) is 0.548. The fourth-order valence-corrected chi connectivity index (χ4v) is 3.40. The van der Waals surface area contributed by atoms with Gasteiger partial charge in [-0.1, -0.05) is 25.3 Å². The van der Waals surface area contributed by atoms with Crippen molar-refractivity contribution < 1.29 is 9.59 Å². The third kappa shape index (κ3) is 3.09. The number of hydrogen-bond donors (Lipinski definition) is 2. The first-order valence-corrected chi connectivity index (χ1v) is 7.87. The first-order chi connectivity index (χ1) is 10.1. The molecule has 0 saturated heterocycles. The van der Waals surface area contributed by atoms with Crippen molar-refractivity contribution >= 4 is 17.5 Å². The van der Waals surface area contributed by atoms with Gasteiger partial charge < -0.3 is 10.6 Å². The first-order valence-electron chi connectivity index (χ1n) is 7.87. The van der Waals surface area contributed by atoms with E-state index >= 15 is 0 Å². The second kappa shape index (κ2) is 5.88. The van der Waals surface area contributed by atoms with Crippen molar-refractivity contribution in [3.63, 3.8) is 0 Å². The molecule has 1 atom stereocenters. The van der Waals surface area contributed by atoms with Crippen LogP contribution in [0.1, 0.15) is 54.9 Å². The van der Waals surface area contributed by atoms with Crippen LogP contribution in [0.3, 0.4) is 0 Å². The minimum atomic E-state index is -0.0444. The van der Waals surface area contributed by atoms with Gasteiger partial charge in [-0.2, -0.15) is 0 Å². The van der Waals surface area contributed by atoms with Crippen molar-refractivity contribution in [2.24, 2.45) is 5.92 Å². The van der Waals surface area contributed by atoms with Crippen LogP contribution in [0.5, 0.6) is 0 Å². The second-order valence-electron chi connectivity index (χ2n) is 6.26. The molecule has 1 saturated carbocycles. The predicted molar refractivity (Wildman–Crippen MR) is 82.3 cm³/mol. The molecule has 1 aromatic rings. The Bertz CT molecular complexity index is 562. The van der Waals surface area contributed by atoms with E-state index in [1.807, 2.05) is 12.1 Å². The molecule has 0 bridgehead atoms. The quantitative estimate of drug-likeness (QED) is 0.897. The number of nitrogens with one attached hydrogen (secondary N) is 2. The van der Waals surface area contributed by atoms with Crippen LogP contribution in [0.15, 0.2) is 18.2 Å². The number of amides is 2.